The molecule has 1 amide bonds. The van der Waals surface area contributed by atoms with Crippen LogP contribution in [0.4, 0.5) is 15.8 Å². The Kier molecular flexibility index (Phi) is 3.50. The van der Waals surface area contributed by atoms with E-state index in [1.807, 2.05) is 6.92 Å². The topological polar surface area (TPSA) is 72.9 Å². The van der Waals surface area contributed by atoms with E-state index < -0.39 is 11.7 Å². The number of hydrogen-bond acceptors (Lipinski definition) is 3. The lowest BCUT2D eigenvalue weighted by Crippen LogP contribution is -2.20. The summed E-state index contributed by atoms with van der Waals surface area (Å²) in [7, 11) is 0. The average Bonchev–Trinajstić information content (AvgIpc) is 2.75. The molecule has 3 N–H and O–H groups in total. The number of nitrogens with two attached hydrogens (primary N) is 1. The van der Waals surface area contributed by atoms with Crippen LogP contribution in [-0.2, 0) is 6.54 Å². The van der Waals surface area contributed by atoms with Gasteiger partial charge in [-0.3, -0.25) is 9.48 Å². The van der Waals surface area contributed by atoms with Crippen molar-refractivity contribution in [2.75, 3.05) is 11.1 Å². The zero-order chi connectivity index (χ0) is 14.0. The summed E-state index contributed by atoms with van der Waals surface area (Å²) in [5.74, 6) is -0.945. The highest BCUT2D eigenvalue weighted by molar-refractivity contribution is 6.06. The van der Waals surface area contributed by atoms with Gasteiger partial charge >= 0.3 is 0 Å². The Morgan fingerprint density at radius 2 is 2.26 bits per heavy atom. The van der Waals surface area contributed by atoms with E-state index in [1.165, 1.54) is 16.9 Å². The number of aryl methyl sites for hydroxylation is 2. The maximum absolute atomic E-state index is 13.7. The highest BCUT2D eigenvalue weighted by Crippen LogP contribution is 2.21. The normalized spacial score (nSPS) is 10.5. The first-order valence-electron chi connectivity index (χ1n) is 5.92. The van der Waals surface area contributed by atoms with Crippen LogP contribution in [0.2, 0.25) is 0 Å². The number of nitrogen functional groups attached to an aromatic ring is 1. The minimum absolute atomic E-state index is 0.163. The number of benzene rings is 1. The van der Waals surface area contributed by atoms with Gasteiger partial charge in [0.15, 0.2) is 0 Å². The number of para-hydroxylation sites is 1. The van der Waals surface area contributed by atoms with Gasteiger partial charge in [0.05, 0.1) is 17.6 Å². The van der Waals surface area contributed by atoms with E-state index in [4.69, 9.17) is 5.73 Å². The number of aromatic nitrogens is 2. The van der Waals surface area contributed by atoms with Gasteiger partial charge in [0, 0.05) is 6.54 Å². The third-order valence-electron chi connectivity index (χ3n) is 2.84. The molecule has 2 rings (SSSR count). The van der Waals surface area contributed by atoms with Crippen molar-refractivity contribution >= 4 is 17.3 Å². The molecule has 0 spiro atoms. The average molecular weight is 262 g/mol. The summed E-state index contributed by atoms with van der Waals surface area (Å²) in [6.45, 7) is 4.08. The molecule has 0 fully saturated rings. The van der Waals surface area contributed by atoms with E-state index in [-0.39, 0.29) is 17.1 Å². The second kappa shape index (κ2) is 5.09. The Hall–Kier alpha value is -2.37. The lowest BCUT2D eigenvalue weighted by atomic mass is 10.2. The standard InChI is InChI=1S/C13H15FN4O/c1-3-18-12(10(15)7-16-18)13(19)17-11-8(2)5-4-6-9(11)14/h4-7H,3,15H2,1-2H3,(H,17,19). The molecule has 0 aliphatic carbocycles. The number of halogens is 1. The van der Waals surface area contributed by atoms with E-state index in [9.17, 15) is 9.18 Å². The number of anilines is 2. The van der Waals surface area contributed by atoms with Gasteiger partial charge in [0.2, 0.25) is 0 Å². The Bertz CT molecular complexity index is 601. The molecule has 2 aromatic rings. The molecular weight excluding hydrogens is 247 g/mol. The number of nitrogens with zero attached hydrogens (tertiary/aromatic N) is 2. The summed E-state index contributed by atoms with van der Waals surface area (Å²) in [6.07, 6.45) is 1.41. The number of amides is 1. The fraction of sp³-hybridized carbons (Fsp3) is 0.231. The molecule has 0 atom stereocenters. The van der Waals surface area contributed by atoms with Crippen molar-refractivity contribution in [2.45, 2.75) is 20.4 Å². The molecule has 0 radical (unpaired) electrons. The molecular formula is C13H15FN4O. The van der Waals surface area contributed by atoms with Gasteiger partial charge in [0.1, 0.15) is 11.5 Å². The molecule has 1 heterocycles. The largest absolute Gasteiger partial charge is 0.396 e. The van der Waals surface area contributed by atoms with Crippen molar-refractivity contribution in [1.82, 2.24) is 9.78 Å². The van der Waals surface area contributed by atoms with Gasteiger partial charge in [-0.2, -0.15) is 5.10 Å². The van der Waals surface area contributed by atoms with Gasteiger partial charge in [-0.15, -0.1) is 0 Å². The summed E-state index contributed by atoms with van der Waals surface area (Å²) >= 11 is 0. The number of nitrogens with one attached hydrogen (secondary N) is 1. The number of carbonyl (C=O) groups is 1. The van der Waals surface area contributed by atoms with Crippen LogP contribution in [0.25, 0.3) is 0 Å². The van der Waals surface area contributed by atoms with Gasteiger partial charge in [0.25, 0.3) is 5.91 Å². The van der Waals surface area contributed by atoms with E-state index >= 15 is 0 Å². The smallest absolute Gasteiger partial charge is 0.276 e. The zero-order valence-electron chi connectivity index (χ0n) is 10.8. The molecule has 0 aliphatic rings. The maximum Gasteiger partial charge on any atom is 0.276 e. The number of carbonyl (C=O) groups excluding carboxylic acids is 1. The monoisotopic (exact) mass is 262 g/mol. The Morgan fingerprint density at radius 3 is 2.89 bits per heavy atom. The maximum atomic E-state index is 13.7. The van der Waals surface area contributed by atoms with Gasteiger partial charge in [-0.05, 0) is 25.5 Å². The molecule has 1 aromatic heterocycles. The molecule has 0 unspecified atom stereocenters. The van der Waals surface area contributed by atoms with Gasteiger partial charge in [-0.1, -0.05) is 12.1 Å². The van der Waals surface area contributed by atoms with Crippen LogP contribution in [0, 0.1) is 12.7 Å². The minimum Gasteiger partial charge on any atom is -0.396 e. The molecule has 0 saturated heterocycles. The van der Waals surface area contributed by atoms with E-state index in [2.05, 4.69) is 10.4 Å². The Labute approximate surface area is 110 Å². The van der Waals surface area contributed by atoms with Crippen molar-refractivity contribution in [3.05, 3.63) is 41.5 Å². The Morgan fingerprint density at radius 1 is 1.53 bits per heavy atom. The van der Waals surface area contributed by atoms with Crippen LogP contribution < -0.4 is 11.1 Å². The SMILES string of the molecule is CCn1ncc(N)c1C(=O)Nc1c(C)cccc1F. The van der Waals surface area contributed by atoms with Crippen LogP contribution in [0.1, 0.15) is 23.0 Å². The number of rotatable bonds is 3. The first-order valence-corrected chi connectivity index (χ1v) is 5.92. The lowest BCUT2D eigenvalue weighted by Gasteiger charge is -2.10. The highest BCUT2D eigenvalue weighted by Gasteiger charge is 2.18. The van der Waals surface area contributed by atoms with Gasteiger partial charge < -0.3 is 11.1 Å². The van der Waals surface area contributed by atoms with Crippen molar-refractivity contribution in [3.63, 3.8) is 0 Å². The van der Waals surface area contributed by atoms with E-state index in [1.54, 1.807) is 19.1 Å². The quantitative estimate of drug-likeness (QED) is 0.890. The summed E-state index contributed by atoms with van der Waals surface area (Å²) in [5.41, 5.74) is 7.03. The van der Waals surface area contributed by atoms with Crippen LogP contribution in [0.3, 0.4) is 0 Å². The molecule has 0 aliphatic heterocycles. The summed E-state index contributed by atoms with van der Waals surface area (Å²) in [6, 6.07) is 4.60. The predicted molar refractivity (Wildman–Crippen MR) is 71.4 cm³/mol. The third kappa shape index (κ3) is 2.42. The first kappa shape index (κ1) is 13.1. The summed E-state index contributed by atoms with van der Waals surface area (Å²) in [4.78, 5) is 12.2. The fourth-order valence-electron chi connectivity index (χ4n) is 1.85. The van der Waals surface area contributed by atoms with Crippen LogP contribution >= 0.6 is 0 Å². The predicted octanol–water partition coefficient (Wildman–Crippen LogP) is 2.19. The van der Waals surface area contributed by atoms with Crippen molar-refractivity contribution in [3.8, 4) is 0 Å². The summed E-state index contributed by atoms with van der Waals surface area (Å²) in [5, 5.41) is 6.52. The van der Waals surface area contributed by atoms with Crippen LogP contribution in [0.5, 0.6) is 0 Å². The molecule has 5 nitrogen and oxygen atoms in total. The summed E-state index contributed by atoms with van der Waals surface area (Å²) < 4.78 is 15.1. The van der Waals surface area contributed by atoms with Crippen LogP contribution in [-0.4, -0.2) is 15.7 Å². The number of hydrogen-bond donors (Lipinski definition) is 2. The van der Waals surface area contributed by atoms with Crippen molar-refractivity contribution in [2.24, 2.45) is 0 Å². The lowest BCUT2D eigenvalue weighted by molar-refractivity contribution is 0.101. The second-order valence-corrected chi connectivity index (χ2v) is 4.15. The molecule has 6 heteroatoms. The van der Waals surface area contributed by atoms with Crippen molar-refractivity contribution in [1.29, 1.82) is 0 Å². The zero-order valence-corrected chi connectivity index (χ0v) is 10.8. The molecule has 100 valence electrons. The fourth-order valence-corrected chi connectivity index (χ4v) is 1.85. The molecule has 19 heavy (non-hydrogen) atoms. The Balaban J connectivity index is 2.34. The first-order chi connectivity index (χ1) is 9.04. The minimum atomic E-state index is -0.477. The highest BCUT2D eigenvalue weighted by atomic mass is 19.1. The van der Waals surface area contributed by atoms with Gasteiger partial charge in [-0.25, -0.2) is 4.39 Å². The molecule has 0 bridgehead atoms. The van der Waals surface area contributed by atoms with E-state index in [0.717, 1.165) is 0 Å². The van der Waals surface area contributed by atoms with Crippen molar-refractivity contribution < 1.29 is 9.18 Å². The third-order valence-corrected chi connectivity index (χ3v) is 2.84. The second-order valence-electron chi connectivity index (χ2n) is 4.15. The molecule has 1 aromatic carbocycles. The molecule has 0 saturated carbocycles. The van der Waals surface area contributed by atoms with Crippen LogP contribution in [0.15, 0.2) is 24.4 Å². The van der Waals surface area contributed by atoms with E-state index in [0.29, 0.717) is 12.1 Å².